The molecule has 15 heavy (non-hydrogen) atoms. The van der Waals surface area contributed by atoms with E-state index in [4.69, 9.17) is 9.47 Å². The Hall–Kier alpha value is -0.120. The molecule has 2 aliphatic heterocycles. The average Bonchev–Trinajstić information content (AvgIpc) is 2.81. The molecule has 88 valence electrons. The van der Waals surface area contributed by atoms with Gasteiger partial charge in [0.1, 0.15) is 0 Å². The summed E-state index contributed by atoms with van der Waals surface area (Å²) in [5.41, 5.74) is 0. The van der Waals surface area contributed by atoms with Gasteiger partial charge in [-0.25, -0.2) is 0 Å². The van der Waals surface area contributed by atoms with Gasteiger partial charge in [0.05, 0.1) is 12.7 Å². The van der Waals surface area contributed by atoms with E-state index in [2.05, 4.69) is 12.2 Å². The molecule has 2 aliphatic rings. The summed E-state index contributed by atoms with van der Waals surface area (Å²) in [7, 11) is 0. The molecule has 0 amide bonds. The first kappa shape index (κ1) is 11.4. The molecular weight excluding hydrogens is 190 g/mol. The summed E-state index contributed by atoms with van der Waals surface area (Å²) in [5.74, 6) is 0. The lowest BCUT2D eigenvalue weighted by atomic mass is 10.0. The molecule has 0 saturated carbocycles. The third-order valence-corrected chi connectivity index (χ3v) is 3.46. The summed E-state index contributed by atoms with van der Waals surface area (Å²) in [6.07, 6.45) is 6.49. The zero-order chi connectivity index (χ0) is 10.5. The van der Waals surface area contributed by atoms with Gasteiger partial charge in [0.15, 0.2) is 0 Å². The van der Waals surface area contributed by atoms with Gasteiger partial charge in [0.25, 0.3) is 0 Å². The van der Waals surface area contributed by atoms with Gasteiger partial charge in [-0.05, 0) is 32.1 Å². The first-order valence-corrected chi connectivity index (χ1v) is 6.35. The van der Waals surface area contributed by atoms with Gasteiger partial charge in [-0.3, -0.25) is 0 Å². The van der Waals surface area contributed by atoms with Crippen molar-refractivity contribution in [3.63, 3.8) is 0 Å². The van der Waals surface area contributed by atoms with Crippen LogP contribution in [-0.4, -0.2) is 38.0 Å². The van der Waals surface area contributed by atoms with Crippen LogP contribution in [0.15, 0.2) is 0 Å². The summed E-state index contributed by atoms with van der Waals surface area (Å²) in [4.78, 5) is 0. The molecular formula is C12H23NO2. The van der Waals surface area contributed by atoms with Crippen LogP contribution in [-0.2, 0) is 9.47 Å². The van der Waals surface area contributed by atoms with Crippen molar-refractivity contribution in [2.45, 2.75) is 57.2 Å². The molecule has 0 aliphatic carbocycles. The lowest BCUT2D eigenvalue weighted by molar-refractivity contribution is 0.0390. The molecule has 2 fully saturated rings. The van der Waals surface area contributed by atoms with Crippen molar-refractivity contribution in [1.29, 1.82) is 0 Å². The summed E-state index contributed by atoms with van der Waals surface area (Å²) >= 11 is 0. The highest BCUT2D eigenvalue weighted by molar-refractivity contribution is 4.83. The summed E-state index contributed by atoms with van der Waals surface area (Å²) in [6, 6.07) is 1.08. The van der Waals surface area contributed by atoms with Gasteiger partial charge in [-0.15, -0.1) is 0 Å². The van der Waals surface area contributed by atoms with E-state index < -0.39 is 0 Å². The first-order chi connectivity index (χ1) is 7.40. The van der Waals surface area contributed by atoms with E-state index in [1.54, 1.807) is 0 Å². The second-order valence-corrected chi connectivity index (χ2v) is 4.65. The molecule has 0 radical (unpaired) electrons. The van der Waals surface area contributed by atoms with Gasteiger partial charge < -0.3 is 14.8 Å². The third-order valence-electron chi connectivity index (χ3n) is 3.46. The SMILES string of the molecule is CCC(NC1CCCOC1)C1CCCO1. The maximum absolute atomic E-state index is 5.74. The fourth-order valence-corrected chi connectivity index (χ4v) is 2.58. The largest absolute Gasteiger partial charge is 0.380 e. The maximum atomic E-state index is 5.74. The van der Waals surface area contributed by atoms with Crippen LogP contribution < -0.4 is 5.32 Å². The standard InChI is InChI=1S/C12H23NO2/c1-2-11(12-6-4-8-15-12)13-10-5-3-7-14-9-10/h10-13H,2-9H2,1H3. The van der Waals surface area contributed by atoms with Crippen molar-refractivity contribution in [2.75, 3.05) is 19.8 Å². The van der Waals surface area contributed by atoms with Gasteiger partial charge in [0, 0.05) is 25.3 Å². The van der Waals surface area contributed by atoms with Crippen LogP contribution >= 0.6 is 0 Å². The Kier molecular flexibility index (Phi) is 4.42. The maximum Gasteiger partial charge on any atom is 0.0728 e. The molecule has 3 nitrogen and oxygen atoms in total. The van der Waals surface area contributed by atoms with E-state index >= 15 is 0 Å². The molecule has 2 heterocycles. The molecule has 0 bridgehead atoms. The Morgan fingerprint density at radius 2 is 2.13 bits per heavy atom. The quantitative estimate of drug-likeness (QED) is 0.771. The Morgan fingerprint density at radius 1 is 1.27 bits per heavy atom. The molecule has 3 heteroatoms. The monoisotopic (exact) mass is 213 g/mol. The zero-order valence-corrected chi connectivity index (χ0v) is 9.71. The van der Waals surface area contributed by atoms with E-state index in [0.717, 1.165) is 26.2 Å². The normalized spacial score (nSPS) is 34.2. The summed E-state index contributed by atoms with van der Waals surface area (Å²) < 4.78 is 11.2. The van der Waals surface area contributed by atoms with Crippen LogP contribution in [0, 0.1) is 0 Å². The van der Waals surface area contributed by atoms with Crippen molar-refractivity contribution >= 4 is 0 Å². The van der Waals surface area contributed by atoms with Crippen LogP contribution in [0.25, 0.3) is 0 Å². The molecule has 0 aromatic carbocycles. The topological polar surface area (TPSA) is 30.5 Å². The van der Waals surface area contributed by atoms with Crippen LogP contribution in [0.5, 0.6) is 0 Å². The van der Waals surface area contributed by atoms with Crippen molar-refractivity contribution in [2.24, 2.45) is 0 Å². The van der Waals surface area contributed by atoms with Gasteiger partial charge in [-0.1, -0.05) is 6.92 Å². The molecule has 2 saturated heterocycles. The molecule has 3 atom stereocenters. The van der Waals surface area contributed by atoms with E-state index in [9.17, 15) is 0 Å². The van der Waals surface area contributed by atoms with Crippen LogP contribution in [0.1, 0.15) is 39.0 Å². The second-order valence-electron chi connectivity index (χ2n) is 4.65. The zero-order valence-electron chi connectivity index (χ0n) is 9.71. The summed E-state index contributed by atoms with van der Waals surface area (Å²) in [6.45, 7) is 5.01. The highest BCUT2D eigenvalue weighted by Gasteiger charge is 2.27. The fourth-order valence-electron chi connectivity index (χ4n) is 2.58. The van der Waals surface area contributed by atoms with Crippen molar-refractivity contribution in [1.82, 2.24) is 5.32 Å². The van der Waals surface area contributed by atoms with Crippen molar-refractivity contribution < 1.29 is 9.47 Å². The number of hydrogen-bond donors (Lipinski definition) is 1. The predicted octanol–water partition coefficient (Wildman–Crippen LogP) is 1.71. The predicted molar refractivity (Wildman–Crippen MR) is 60.0 cm³/mol. The fraction of sp³-hybridized carbons (Fsp3) is 1.00. The van der Waals surface area contributed by atoms with Crippen molar-refractivity contribution in [3.8, 4) is 0 Å². The van der Waals surface area contributed by atoms with Crippen LogP contribution in [0.2, 0.25) is 0 Å². The van der Waals surface area contributed by atoms with E-state index in [1.807, 2.05) is 0 Å². The Labute approximate surface area is 92.5 Å². The van der Waals surface area contributed by atoms with Gasteiger partial charge >= 0.3 is 0 Å². The molecule has 2 rings (SSSR count). The van der Waals surface area contributed by atoms with E-state index in [1.165, 1.54) is 25.7 Å². The van der Waals surface area contributed by atoms with Gasteiger partial charge in [0.2, 0.25) is 0 Å². The molecule has 0 aromatic heterocycles. The van der Waals surface area contributed by atoms with E-state index in [-0.39, 0.29) is 0 Å². The van der Waals surface area contributed by atoms with Gasteiger partial charge in [-0.2, -0.15) is 0 Å². The molecule has 0 aromatic rings. The smallest absolute Gasteiger partial charge is 0.0728 e. The Balaban J connectivity index is 1.78. The Morgan fingerprint density at radius 3 is 2.73 bits per heavy atom. The van der Waals surface area contributed by atoms with Crippen LogP contribution in [0.4, 0.5) is 0 Å². The Bertz CT molecular complexity index is 174. The lowest BCUT2D eigenvalue weighted by Gasteiger charge is -2.30. The highest BCUT2D eigenvalue weighted by Crippen LogP contribution is 2.19. The number of rotatable bonds is 4. The second kappa shape index (κ2) is 5.83. The minimum atomic E-state index is 0.442. The number of nitrogens with one attached hydrogen (secondary N) is 1. The number of ether oxygens (including phenoxy) is 2. The number of hydrogen-bond acceptors (Lipinski definition) is 3. The highest BCUT2D eigenvalue weighted by atomic mass is 16.5. The van der Waals surface area contributed by atoms with Crippen LogP contribution in [0.3, 0.4) is 0 Å². The average molecular weight is 213 g/mol. The third kappa shape index (κ3) is 3.16. The molecule has 0 spiro atoms. The minimum Gasteiger partial charge on any atom is -0.380 e. The van der Waals surface area contributed by atoms with Crippen molar-refractivity contribution in [3.05, 3.63) is 0 Å². The summed E-state index contributed by atoms with van der Waals surface area (Å²) in [5, 5.41) is 3.70. The molecule has 3 unspecified atom stereocenters. The lowest BCUT2D eigenvalue weighted by Crippen LogP contribution is -2.48. The minimum absolute atomic E-state index is 0.442. The van der Waals surface area contributed by atoms with E-state index in [0.29, 0.717) is 18.2 Å². The first-order valence-electron chi connectivity index (χ1n) is 6.35. The molecule has 1 N–H and O–H groups in total.